The third-order valence-electron chi connectivity index (χ3n) is 2.20. The van der Waals surface area contributed by atoms with Gasteiger partial charge in [-0.1, -0.05) is 12.8 Å². The van der Waals surface area contributed by atoms with Crippen LogP contribution in [0.25, 0.3) is 0 Å². The molecule has 1 aromatic heterocycles. The Labute approximate surface area is 75.4 Å². The van der Waals surface area contributed by atoms with Gasteiger partial charge in [-0.2, -0.15) is 9.97 Å². The van der Waals surface area contributed by atoms with Crippen molar-refractivity contribution >= 4 is 5.95 Å². The summed E-state index contributed by atoms with van der Waals surface area (Å²) in [6.45, 7) is 0. The van der Waals surface area contributed by atoms with Gasteiger partial charge >= 0.3 is 5.69 Å². The molecule has 0 atom stereocenters. The van der Waals surface area contributed by atoms with E-state index in [9.17, 15) is 4.79 Å². The van der Waals surface area contributed by atoms with Crippen LogP contribution in [0, 0.1) is 5.92 Å². The summed E-state index contributed by atoms with van der Waals surface area (Å²) >= 11 is 0. The van der Waals surface area contributed by atoms with Crippen molar-refractivity contribution in [3.8, 4) is 0 Å². The molecule has 1 fully saturated rings. The lowest BCUT2D eigenvalue weighted by molar-refractivity contribution is 0.690. The van der Waals surface area contributed by atoms with Gasteiger partial charge in [0.05, 0.1) is 0 Å². The van der Waals surface area contributed by atoms with Crippen LogP contribution in [-0.2, 0) is 6.42 Å². The number of hydrogen-bond donors (Lipinski definition) is 2. The predicted molar refractivity (Wildman–Crippen MR) is 48.1 cm³/mol. The first-order valence-electron chi connectivity index (χ1n) is 4.47. The van der Waals surface area contributed by atoms with Gasteiger partial charge in [-0.05, 0) is 12.3 Å². The number of nitrogens with two attached hydrogens (primary N) is 1. The Morgan fingerprint density at radius 2 is 2.23 bits per heavy atom. The third kappa shape index (κ3) is 2.27. The van der Waals surface area contributed by atoms with Crippen molar-refractivity contribution in [1.82, 2.24) is 15.0 Å². The first kappa shape index (κ1) is 8.22. The third-order valence-corrected chi connectivity index (χ3v) is 2.20. The summed E-state index contributed by atoms with van der Waals surface area (Å²) < 4.78 is 0. The van der Waals surface area contributed by atoms with Crippen LogP contribution in [0.1, 0.15) is 25.1 Å². The summed E-state index contributed by atoms with van der Waals surface area (Å²) in [5, 5.41) is 0. The Hall–Kier alpha value is -1.39. The van der Waals surface area contributed by atoms with Crippen LogP contribution in [0.2, 0.25) is 0 Å². The lowest BCUT2D eigenvalue weighted by Gasteiger charge is -1.98. The van der Waals surface area contributed by atoms with Crippen LogP contribution in [0.5, 0.6) is 0 Å². The molecule has 0 unspecified atom stereocenters. The average Bonchev–Trinajstić information content (AvgIpc) is 2.81. The molecule has 5 nitrogen and oxygen atoms in total. The molecule has 0 bridgehead atoms. The van der Waals surface area contributed by atoms with E-state index in [0.717, 1.165) is 18.8 Å². The smallest absolute Gasteiger partial charge is 0.349 e. The van der Waals surface area contributed by atoms with E-state index < -0.39 is 5.69 Å². The van der Waals surface area contributed by atoms with E-state index >= 15 is 0 Å². The summed E-state index contributed by atoms with van der Waals surface area (Å²) in [5.74, 6) is 1.55. The fraction of sp³-hybridized carbons (Fsp3) is 0.625. The SMILES string of the molecule is Nc1nc(CCC2CC2)[nH]c(=O)n1. The highest BCUT2D eigenvalue weighted by Gasteiger charge is 2.20. The molecule has 3 N–H and O–H groups in total. The minimum absolute atomic E-state index is 0.0644. The van der Waals surface area contributed by atoms with Gasteiger partial charge in [-0.25, -0.2) is 4.79 Å². The zero-order valence-corrected chi connectivity index (χ0v) is 7.29. The van der Waals surface area contributed by atoms with Gasteiger partial charge in [-0.3, -0.25) is 4.98 Å². The second-order valence-corrected chi connectivity index (χ2v) is 3.44. The number of rotatable bonds is 3. The highest BCUT2D eigenvalue weighted by Crippen LogP contribution is 2.32. The average molecular weight is 180 g/mol. The van der Waals surface area contributed by atoms with Crippen molar-refractivity contribution < 1.29 is 0 Å². The van der Waals surface area contributed by atoms with Crippen molar-refractivity contribution in [2.75, 3.05) is 5.73 Å². The number of aromatic nitrogens is 3. The lowest BCUT2D eigenvalue weighted by atomic mass is 10.2. The van der Waals surface area contributed by atoms with Crippen LogP contribution < -0.4 is 11.4 Å². The molecule has 2 rings (SSSR count). The largest absolute Gasteiger partial charge is 0.368 e. The Balaban J connectivity index is 2.05. The molecular formula is C8H12N4O. The first-order chi connectivity index (χ1) is 6.24. The Morgan fingerprint density at radius 1 is 1.46 bits per heavy atom. The van der Waals surface area contributed by atoms with E-state index in [1.54, 1.807) is 0 Å². The minimum Gasteiger partial charge on any atom is -0.368 e. The second kappa shape index (κ2) is 3.16. The summed E-state index contributed by atoms with van der Waals surface area (Å²) in [4.78, 5) is 20.8. The lowest BCUT2D eigenvalue weighted by Crippen LogP contribution is -2.17. The highest BCUT2D eigenvalue weighted by atomic mass is 16.1. The summed E-state index contributed by atoms with van der Waals surface area (Å²) in [7, 11) is 0. The van der Waals surface area contributed by atoms with E-state index in [4.69, 9.17) is 5.73 Å². The fourth-order valence-corrected chi connectivity index (χ4v) is 1.31. The van der Waals surface area contributed by atoms with Crippen molar-refractivity contribution in [2.45, 2.75) is 25.7 Å². The number of nitrogens with one attached hydrogen (secondary N) is 1. The number of anilines is 1. The molecule has 0 aliphatic heterocycles. The zero-order chi connectivity index (χ0) is 9.26. The quantitative estimate of drug-likeness (QED) is 0.690. The molecule has 0 radical (unpaired) electrons. The minimum atomic E-state index is -0.404. The molecule has 1 aromatic rings. The molecule has 1 aliphatic rings. The number of aryl methyl sites for hydroxylation is 1. The topological polar surface area (TPSA) is 84.7 Å². The van der Waals surface area contributed by atoms with Crippen LogP contribution in [0.15, 0.2) is 4.79 Å². The first-order valence-corrected chi connectivity index (χ1v) is 4.47. The van der Waals surface area contributed by atoms with E-state index in [2.05, 4.69) is 15.0 Å². The van der Waals surface area contributed by atoms with E-state index in [1.165, 1.54) is 12.8 Å². The monoisotopic (exact) mass is 180 g/mol. The zero-order valence-electron chi connectivity index (χ0n) is 7.29. The van der Waals surface area contributed by atoms with E-state index in [-0.39, 0.29) is 5.95 Å². The normalized spacial score (nSPS) is 16.0. The van der Waals surface area contributed by atoms with Crippen molar-refractivity contribution in [3.63, 3.8) is 0 Å². The van der Waals surface area contributed by atoms with Crippen LogP contribution in [0.4, 0.5) is 5.95 Å². The molecule has 1 saturated carbocycles. The molecule has 13 heavy (non-hydrogen) atoms. The molecule has 1 aliphatic carbocycles. The maximum atomic E-state index is 10.9. The van der Waals surface area contributed by atoms with Crippen LogP contribution in [-0.4, -0.2) is 15.0 Å². The molecular weight excluding hydrogens is 168 g/mol. The van der Waals surface area contributed by atoms with Gasteiger partial charge < -0.3 is 5.73 Å². The number of hydrogen-bond acceptors (Lipinski definition) is 4. The van der Waals surface area contributed by atoms with Crippen LogP contribution in [0.3, 0.4) is 0 Å². The van der Waals surface area contributed by atoms with Gasteiger partial charge in [0.15, 0.2) is 0 Å². The molecule has 0 spiro atoms. The van der Waals surface area contributed by atoms with Crippen LogP contribution >= 0.6 is 0 Å². The van der Waals surface area contributed by atoms with Gasteiger partial charge in [0.25, 0.3) is 0 Å². The molecule has 1 heterocycles. The molecule has 70 valence electrons. The second-order valence-electron chi connectivity index (χ2n) is 3.44. The highest BCUT2D eigenvalue weighted by molar-refractivity contribution is 5.12. The number of nitrogen functional groups attached to an aromatic ring is 1. The number of aromatic amines is 1. The maximum absolute atomic E-state index is 10.9. The molecule has 0 amide bonds. The number of nitrogens with zero attached hydrogens (tertiary/aromatic N) is 2. The summed E-state index contributed by atoms with van der Waals surface area (Å²) in [6.07, 6.45) is 4.51. The molecule has 0 aromatic carbocycles. The standard InChI is InChI=1S/C8H12N4O/c9-7-10-6(11-8(13)12-7)4-3-5-1-2-5/h5H,1-4H2,(H3,9,10,11,12,13). The summed E-state index contributed by atoms with van der Waals surface area (Å²) in [5.41, 5.74) is 4.93. The molecule has 5 heteroatoms. The Kier molecular flexibility index (Phi) is 2.00. The van der Waals surface area contributed by atoms with Gasteiger partial charge in [-0.15, -0.1) is 0 Å². The van der Waals surface area contributed by atoms with E-state index in [1.807, 2.05) is 0 Å². The maximum Gasteiger partial charge on any atom is 0.349 e. The van der Waals surface area contributed by atoms with Crippen molar-refractivity contribution in [2.24, 2.45) is 5.92 Å². The summed E-state index contributed by atoms with van der Waals surface area (Å²) in [6, 6.07) is 0. The molecule has 0 saturated heterocycles. The number of H-pyrrole nitrogens is 1. The van der Waals surface area contributed by atoms with Crippen molar-refractivity contribution in [3.05, 3.63) is 16.3 Å². The fourth-order valence-electron chi connectivity index (χ4n) is 1.31. The Morgan fingerprint density at radius 3 is 2.85 bits per heavy atom. The Bertz CT molecular complexity index is 355. The predicted octanol–water partition coefficient (Wildman–Crippen LogP) is 0.0897. The van der Waals surface area contributed by atoms with Gasteiger partial charge in [0.2, 0.25) is 5.95 Å². The van der Waals surface area contributed by atoms with Gasteiger partial charge in [0.1, 0.15) is 5.82 Å². The van der Waals surface area contributed by atoms with Crippen molar-refractivity contribution in [1.29, 1.82) is 0 Å². The van der Waals surface area contributed by atoms with E-state index in [0.29, 0.717) is 5.82 Å². The van der Waals surface area contributed by atoms with Gasteiger partial charge in [0, 0.05) is 6.42 Å².